The number of hydrogen-bond acceptors (Lipinski definition) is 4. The zero-order valence-corrected chi connectivity index (χ0v) is 12.4. The van der Waals surface area contributed by atoms with E-state index in [9.17, 15) is 4.79 Å². The monoisotopic (exact) mass is 337 g/mol. The number of benzene rings is 1. The number of rotatable bonds is 5. The Morgan fingerprint density at radius 2 is 2.16 bits per heavy atom. The second kappa shape index (κ2) is 7.06. The van der Waals surface area contributed by atoms with E-state index in [1.54, 1.807) is 17.6 Å². The van der Waals surface area contributed by atoms with Crippen LogP contribution in [0, 0.1) is 0 Å². The fourth-order valence-electron chi connectivity index (χ4n) is 1.34. The number of carbonyl (C=O) groups is 1. The summed E-state index contributed by atoms with van der Waals surface area (Å²) in [6.45, 7) is 0.190. The number of hydrogen-bond donors (Lipinski definition) is 2. The van der Waals surface area contributed by atoms with Crippen molar-refractivity contribution in [1.82, 2.24) is 5.43 Å². The van der Waals surface area contributed by atoms with Crippen LogP contribution in [0.4, 0.5) is 5.69 Å². The maximum Gasteiger partial charge on any atom is 0.259 e. The predicted octanol–water partition coefficient (Wildman–Crippen LogP) is 3.07. The van der Waals surface area contributed by atoms with Gasteiger partial charge >= 0.3 is 0 Å². The topological polar surface area (TPSA) is 53.5 Å². The first-order chi connectivity index (χ1) is 9.24. The van der Waals surface area contributed by atoms with Crippen LogP contribution in [-0.4, -0.2) is 18.7 Å². The number of nitrogens with one attached hydrogen (secondary N) is 2. The lowest BCUT2D eigenvalue weighted by Gasteiger charge is -2.04. The van der Waals surface area contributed by atoms with Crippen molar-refractivity contribution >= 4 is 45.1 Å². The van der Waals surface area contributed by atoms with E-state index in [1.807, 2.05) is 41.8 Å². The molecule has 6 heteroatoms. The molecule has 0 saturated heterocycles. The molecule has 1 aromatic heterocycles. The molecule has 0 bridgehead atoms. The second-order valence-electron chi connectivity index (χ2n) is 3.68. The van der Waals surface area contributed by atoms with Crippen LogP contribution in [0.25, 0.3) is 0 Å². The van der Waals surface area contributed by atoms with Gasteiger partial charge in [-0.15, -0.1) is 11.3 Å². The van der Waals surface area contributed by atoms with Crippen molar-refractivity contribution in [3.05, 3.63) is 51.1 Å². The van der Waals surface area contributed by atoms with Gasteiger partial charge in [-0.1, -0.05) is 18.2 Å². The fraction of sp³-hybridized carbons (Fsp3) is 0.0769. The molecule has 19 heavy (non-hydrogen) atoms. The minimum Gasteiger partial charge on any atom is -0.376 e. The van der Waals surface area contributed by atoms with E-state index in [0.29, 0.717) is 0 Å². The fourth-order valence-corrected chi connectivity index (χ4v) is 2.65. The van der Waals surface area contributed by atoms with Crippen LogP contribution in [0.1, 0.15) is 4.88 Å². The molecule has 2 rings (SSSR count). The maximum atomic E-state index is 11.5. The summed E-state index contributed by atoms with van der Waals surface area (Å²) in [5.41, 5.74) is 3.38. The Kier molecular flexibility index (Phi) is 5.11. The summed E-state index contributed by atoms with van der Waals surface area (Å²) in [6, 6.07) is 11.5. The summed E-state index contributed by atoms with van der Waals surface area (Å²) in [7, 11) is 0. The molecule has 1 amide bonds. The average molecular weight is 338 g/mol. The Balaban J connectivity index is 1.74. The van der Waals surface area contributed by atoms with E-state index in [0.717, 1.165) is 15.0 Å². The first kappa shape index (κ1) is 13.8. The van der Waals surface area contributed by atoms with Gasteiger partial charge in [0.05, 0.1) is 12.8 Å². The number of amides is 1. The molecule has 2 N–H and O–H groups in total. The Bertz CT molecular complexity index is 568. The minimum atomic E-state index is -0.185. The van der Waals surface area contributed by atoms with Crippen LogP contribution in [0.15, 0.2) is 51.4 Å². The van der Waals surface area contributed by atoms with Crippen molar-refractivity contribution in [2.45, 2.75) is 0 Å². The molecule has 0 fully saturated rings. The molecule has 0 saturated carbocycles. The summed E-state index contributed by atoms with van der Waals surface area (Å²) in [5, 5.41) is 8.86. The van der Waals surface area contributed by atoms with E-state index in [4.69, 9.17) is 0 Å². The van der Waals surface area contributed by atoms with Gasteiger partial charge < -0.3 is 5.32 Å². The van der Waals surface area contributed by atoms with Gasteiger partial charge in [-0.25, -0.2) is 5.43 Å². The van der Waals surface area contributed by atoms with Gasteiger partial charge in [-0.05, 0) is 34.1 Å². The van der Waals surface area contributed by atoms with Crippen LogP contribution < -0.4 is 10.7 Å². The summed E-state index contributed by atoms with van der Waals surface area (Å²) in [5.74, 6) is -0.185. The Morgan fingerprint density at radius 3 is 2.84 bits per heavy atom. The molecule has 0 aliphatic heterocycles. The number of nitrogens with zero attached hydrogens (tertiary/aromatic N) is 1. The molecule has 4 nitrogen and oxygen atoms in total. The molecule has 0 unspecified atom stereocenters. The van der Waals surface area contributed by atoms with E-state index in [2.05, 4.69) is 31.8 Å². The van der Waals surface area contributed by atoms with Crippen molar-refractivity contribution in [2.75, 3.05) is 11.9 Å². The van der Waals surface area contributed by atoms with E-state index >= 15 is 0 Å². The lowest BCUT2D eigenvalue weighted by atomic mass is 10.3. The second-order valence-corrected chi connectivity index (χ2v) is 5.54. The highest BCUT2D eigenvalue weighted by atomic mass is 79.9. The normalized spacial score (nSPS) is 10.6. The number of thiophene rings is 1. The number of halogens is 1. The minimum absolute atomic E-state index is 0.185. The van der Waals surface area contributed by atoms with Gasteiger partial charge in [0.25, 0.3) is 5.91 Å². The quantitative estimate of drug-likeness (QED) is 0.650. The molecule has 0 spiro atoms. The maximum absolute atomic E-state index is 11.5. The number of para-hydroxylation sites is 1. The largest absolute Gasteiger partial charge is 0.376 e. The summed E-state index contributed by atoms with van der Waals surface area (Å²) in [6.07, 6.45) is 1.62. The molecule has 0 radical (unpaired) electrons. The van der Waals surface area contributed by atoms with Crippen LogP contribution in [-0.2, 0) is 4.79 Å². The zero-order valence-electron chi connectivity index (χ0n) is 9.97. The molecule has 98 valence electrons. The van der Waals surface area contributed by atoms with E-state index in [-0.39, 0.29) is 12.5 Å². The van der Waals surface area contributed by atoms with Crippen molar-refractivity contribution in [1.29, 1.82) is 0 Å². The van der Waals surface area contributed by atoms with Gasteiger partial charge in [0.2, 0.25) is 0 Å². The number of carbonyl (C=O) groups excluding carboxylic acids is 1. The highest BCUT2D eigenvalue weighted by Crippen LogP contribution is 2.17. The molecule has 2 aromatic rings. The first-order valence-electron chi connectivity index (χ1n) is 5.59. The van der Waals surface area contributed by atoms with Gasteiger partial charge in [0.15, 0.2) is 0 Å². The predicted molar refractivity (Wildman–Crippen MR) is 82.7 cm³/mol. The zero-order chi connectivity index (χ0) is 13.5. The highest BCUT2D eigenvalue weighted by Gasteiger charge is 1.99. The summed E-state index contributed by atoms with van der Waals surface area (Å²) < 4.78 is 1.01. The molecule has 1 heterocycles. The van der Waals surface area contributed by atoms with Crippen molar-refractivity contribution in [3.8, 4) is 0 Å². The molecular formula is C13H12BrN3OS. The van der Waals surface area contributed by atoms with E-state index < -0.39 is 0 Å². The Labute approximate surface area is 123 Å². The SMILES string of the molecule is O=C(CNc1ccccc1)N/N=C\c1cc(Br)cs1. The highest BCUT2D eigenvalue weighted by molar-refractivity contribution is 9.10. The molecule has 0 atom stereocenters. The standard InChI is InChI=1S/C13H12BrN3OS/c14-10-6-12(19-9-10)7-16-17-13(18)8-15-11-4-2-1-3-5-11/h1-7,9,15H,8H2,(H,17,18)/b16-7-. The van der Waals surface area contributed by atoms with Gasteiger partial charge in [0.1, 0.15) is 0 Å². The van der Waals surface area contributed by atoms with Crippen molar-refractivity contribution in [2.24, 2.45) is 5.10 Å². The Morgan fingerprint density at radius 1 is 1.37 bits per heavy atom. The lowest BCUT2D eigenvalue weighted by Crippen LogP contribution is -2.25. The van der Waals surface area contributed by atoms with Gasteiger partial charge in [0, 0.05) is 20.4 Å². The van der Waals surface area contributed by atoms with E-state index in [1.165, 1.54) is 0 Å². The molecule has 1 aromatic carbocycles. The van der Waals surface area contributed by atoms with Crippen LogP contribution in [0.5, 0.6) is 0 Å². The summed E-state index contributed by atoms with van der Waals surface area (Å²) >= 11 is 4.90. The first-order valence-corrected chi connectivity index (χ1v) is 7.26. The Hall–Kier alpha value is -1.66. The van der Waals surface area contributed by atoms with Gasteiger partial charge in [-0.2, -0.15) is 5.10 Å². The van der Waals surface area contributed by atoms with Crippen LogP contribution in [0.2, 0.25) is 0 Å². The van der Waals surface area contributed by atoms with Crippen LogP contribution in [0.3, 0.4) is 0 Å². The lowest BCUT2D eigenvalue weighted by molar-refractivity contribution is -0.119. The van der Waals surface area contributed by atoms with Gasteiger partial charge in [-0.3, -0.25) is 4.79 Å². The molecule has 0 aliphatic rings. The summed E-state index contributed by atoms with van der Waals surface area (Å²) in [4.78, 5) is 12.5. The third-order valence-corrected chi connectivity index (χ3v) is 3.82. The third-order valence-electron chi connectivity index (χ3n) is 2.20. The average Bonchev–Trinajstić information content (AvgIpc) is 2.83. The van der Waals surface area contributed by atoms with Crippen molar-refractivity contribution in [3.63, 3.8) is 0 Å². The molecular weight excluding hydrogens is 326 g/mol. The third kappa shape index (κ3) is 4.84. The van der Waals surface area contributed by atoms with Crippen molar-refractivity contribution < 1.29 is 4.79 Å². The number of hydrazone groups is 1. The smallest absolute Gasteiger partial charge is 0.259 e. The number of anilines is 1. The van der Waals surface area contributed by atoms with Crippen LogP contribution >= 0.6 is 27.3 Å². The molecule has 0 aliphatic carbocycles.